The Labute approximate surface area is 176 Å². The number of aryl methyl sites for hydroxylation is 1. The van der Waals surface area contributed by atoms with E-state index in [1.54, 1.807) is 0 Å². The van der Waals surface area contributed by atoms with Crippen molar-refractivity contribution in [2.45, 2.75) is 26.2 Å². The molecule has 1 aromatic heterocycles. The second-order valence-corrected chi connectivity index (χ2v) is 8.52. The number of aromatic nitrogens is 1. The van der Waals surface area contributed by atoms with Gasteiger partial charge < -0.3 is 14.7 Å². The van der Waals surface area contributed by atoms with Crippen molar-refractivity contribution >= 4 is 28.4 Å². The molecule has 0 radical (unpaired) electrons. The summed E-state index contributed by atoms with van der Waals surface area (Å²) in [6.07, 6.45) is 3.06. The SMILES string of the molecule is CC1Cc2cc(CCCN3CCN(c4noc5ccccc45)CC3)ccc2NC1=O. The first kappa shape index (κ1) is 19.1. The summed E-state index contributed by atoms with van der Waals surface area (Å²) in [4.78, 5) is 16.7. The lowest BCUT2D eigenvalue weighted by Crippen LogP contribution is -2.46. The van der Waals surface area contributed by atoms with Crippen molar-refractivity contribution in [1.82, 2.24) is 10.1 Å². The van der Waals surface area contributed by atoms with Gasteiger partial charge in [0.1, 0.15) is 0 Å². The lowest BCUT2D eigenvalue weighted by atomic mass is 9.92. The van der Waals surface area contributed by atoms with Crippen LogP contribution in [0.15, 0.2) is 47.0 Å². The molecular formula is C24H28N4O2. The summed E-state index contributed by atoms with van der Waals surface area (Å²) in [5.74, 6) is 1.17. The largest absolute Gasteiger partial charge is 0.354 e. The third-order valence-corrected chi connectivity index (χ3v) is 6.37. The highest BCUT2D eigenvalue weighted by Crippen LogP contribution is 2.28. The smallest absolute Gasteiger partial charge is 0.227 e. The van der Waals surface area contributed by atoms with Crippen LogP contribution in [0.3, 0.4) is 0 Å². The van der Waals surface area contributed by atoms with E-state index in [-0.39, 0.29) is 11.8 Å². The summed E-state index contributed by atoms with van der Waals surface area (Å²) < 4.78 is 5.47. The van der Waals surface area contributed by atoms with Gasteiger partial charge >= 0.3 is 0 Å². The number of nitrogens with zero attached hydrogens (tertiary/aromatic N) is 3. The van der Waals surface area contributed by atoms with Gasteiger partial charge in [0.2, 0.25) is 5.91 Å². The van der Waals surface area contributed by atoms with Crippen molar-refractivity contribution in [3.05, 3.63) is 53.6 Å². The van der Waals surface area contributed by atoms with Crippen molar-refractivity contribution in [3.63, 3.8) is 0 Å². The fourth-order valence-corrected chi connectivity index (χ4v) is 4.56. The molecule has 1 saturated heterocycles. The zero-order valence-electron chi connectivity index (χ0n) is 17.4. The average Bonchev–Trinajstić information content (AvgIpc) is 3.19. The number of nitrogens with one attached hydrogen (secondary N) is 1. The zero-order valence-corrected chi connectivity index (χ0v) is 17.4. The summed E-state index contributed by atoms with van der Waals surface area (Å²) in [6, 6.07) is 14.6. The van der Waals surface area contributed by atoms with Gasteiger partial charge in [-0.2, -0.15) is 0 Å². The molecular weight excluding hydrogens is 376 g/mol. The standard InChI is InChI=1S/C24H28N4O2/c1-17-15-19-16-18(8-9-21(19)25-24(17)29)5-4-10-27-11-13-28(14-12-27)23-20-6-2-3-7-22(20)30-26-23/h2-3,6-9,16-17H,4-5,10-15H2,1H3,(H,25,29). The van der Waals surface area contributed by atoms with Gasteiger partial charge in [-0.25, -0.2) is 0 Å². The van der Waals surface area contributed by atoms with Crippen LogP contribution in [-0.2, 0) is 17.6 Å². The number of anilines is 2. The highest BCUT2D eigenvalue weighted by molar-refractivity contribution is 5.95. The number of carbonyl (C=O) groups excluding carboxylic acids is 1. The van der Waals surface area contributed by atoms with Crippen LogP contribution < -0.4 is 10.2 Å². The van der Waals surface area contributed by atoms with Crippen LogP contribution in [0.2, 0.25) is 0 Å². The number of piperazine rings is 1. The van der Waals surface area contributed by atoms with Crippen molar-refractivity contribution in [1.29, 1.82) is 0 Å². The number of rotatable bonds is 5. The van der Waals surface area contributed by atoms with Gasteiger partial charge in [0.25, 0.3) is 0 Å². The number of fused-ring (bicyclic) bond motifs is 2. The number of para-hydroxylation sites is 1. The molecule has 2 aliphatic rings. The Morgan fingerprint density at radius 2 is 1.97 bits per heavy atom. The molecule has 2 aliphatic heterocycles. The highest BCUT2D eigenvalue weighted by atomic mass is 16.5. The molecule has 156 valence electrons. The second-order valence-electron chi connectivity index (χ2n) is 8.52. The average molecular weight is 405 g/mol. The summed E-state index contributed by atoms with van der Waals surface area (Å²) in [5.41, 5.74) is 4.48. The molecule has 1 fully saturated rings. The van der Waals surface area contributed by atoms with Gasteiger partial charge in [-0.1, -0.05) is 36.3 Å². The van der Waals surface area contributed by atoms with Crippen LogP contribution >= 0.6 is 0 Å². The number of amides is 1. The first-order valence-electron chi connectivity index (χ1n) is 10.9. The summed E-state index contributed by atoms with van der Waals surface area (Å²) in [7, 11) is 0. The monoisotopic (exact) mass is 404 g/mol. The first-order chi connectivity index (χ1) is 14.7. The second kappa shape index (κ2) is 8.11. The molecule has 0 aliphatic carbocycles. The van der Waals surface area contributed by atoms with Gasteiger partial charge in [0, 0.05) is 37.8 Å². The van der Waals surface area contributed by atoms with Crippen LogP contribution in [0.1, 0.15) is 24.5 Å². The Balaban J connectivity index is 1.12. The normalized spacial score (nSPS) is 19.7. The van der Waals surface area contributed by atoms with E-state index in [9.17, 15) is 4.79 Å². The minimum atomic E-state index is 0.0610. The Hall–Kier alpha value is -2.86. The van der Waals surface area contributed by atoms with Gasteiger partial charge in [-0.3, -0.25) is 9.69 Å². The molecule has 3 aromatic rings. The topological polar surface area (TPSA) is 61.6 Å². The lowest BCUT2D eigenvalue weighted by molar-refractivity contribution is -0.119. The molecule has 1 N–H and O–H groups in total. The van der Waals surface area contributed by atoms with E-state index < -0.39 is 0 Å². The molecule has 5 rings (SSSR count). The van der Waals surface area contributed by atoms with Crippen LogP contribution in [0.5, 0.6) is 0 Å². The zero-order chi connectivity index (χ0) is 20.5. The Morgan fingerprint density at radius 3 is 2.83 bits per heavy atom. The summed E-state index contributed by atoms with van der Waals surface area (Å²) in [6.45, 7) is 7.16. The van der Waals surface area contributed by atoms with E-state index in [0.717, 1.165) is 74.5 Å². The highest BCUT2D eigenvalue weighted by Gasteiger charge is 2.23. The molecule has 1 unspecified atom stereocenters. The maximum Gasteiger partial charge on any atom is 0.227 e. The first-order valence-corrected chi connectivity index (χ1v) is 10.9. The summed E-state index contributed by atoms with van der Waals surface area (Å²) in [5, 5.41) is 8.41. The van der Waals surface area contributed by atoms with E-state index in [2.05, 4.69) is 44.5 Å². The van der Waals surface area contributed by atoms with Crippen LogP contribution in [0.4, 0.5) is 11.5 Å². The number of carbonyl (C=O) groups is 1. The van der Waals surface area contributed by atoms with E-state index in [4.69, 9.17) is 4.52 Å². The van der Waals surface area contributed by atoms with Crippen molar-refractivity contribution < 1.29 is 9.32 Å². The molecule has 2 aromatic carbocycles. The molecule has 6 heteroatoms. The summed E-state index contributed by atoms with van der Waals surface area (Å²) >= 11 is 0. The predicted octanol–water partition coefficient (Wildman–Crippen LogP) is 3.71. The number of hydrogen-bond acceptors (Lipinski definition) is 5. The fraction of sp³-hybridized carbons (Fsp3) is 0.417. The molecule has 0 bridgehead atoms. The lowest BCUT2D eigenvalue weighted by Gasteiger charge is -2.34. The van der Waals surface area contributed by atoms with Gasteiger partial charge in [0.05, 0.1) is 5.39 Å². The van der Waals surface area contributed by atoms with Gasteiger partial charge in [-0.15, -0.1) is 0 Å². The van der Waals surface area contributed by atoms with Crippen molar-refractivity contribution in [2.75, 3.05) is 42.9 Å². The van der Waals surface area contributed by atoms with Crippen LogP contribution in [0.25, 0.3) is 11.0 Å². The minimum Gasteiger partial charge on any atom is -0.354 e. The maximum absolute atomic E-state index is 11.8. The molecule has 0 saturated carbocycles. The Bertz CT molecular complexity index is 1050. The third kappa shape index (κ3) is 3.79. The van der Waals surface area contributed by atoms with E-state index >= 15 is 0 Å². The molecule has 3 heterocycles. The minimum absolute atomic E-state index is 0.0610. The van der Waals surface area contributed by atoms with Crippen LogP contribution in [0, 0.1) is 5.92 Å². The molecule has 1 atom stereocenters. The quantitative estimate of drug-likeness (QED) is 0.702. The van der Waals surface area contributed by atoms with Crippen molar-refractivity contribution in [3.8, 4) is 0 Å². The Kier molecular flexibility index (Phi) is 5.17. The maximum atomic E-state index is 11.8. The fourth-order valence-electron chi connectivity index (χ4n) is 4.56. The number of benzene rings is 2. The molecule has 0 spiro atoms. The van der Waals surface area contributed by atoms with Gasteiger partial charge in [0.15, 0.2) is 11.4 Å². The molecule has 1 amide bonds. The van der Waals surface area contributed by atoms with E-state index in [0.29, 0.717) is 0 Å². The number of hydrogen-bond donors (Lipinski definition) is 1. The predicted molar refractivity (Wildman–Crippen MR) is 119 cm³/mol. The van der Waals surface area contributed by atoms with E-state index in [1.807, 2.05) is 25.1 Å². The Morgan fingerprint density at radius 1 is 1.13 bits per heavy atom. The van der Waals surface area contributed by atoms with E-state index in [1.165, 1.54) is 11.1 Å². The third-order valence-electron chi connectivity index (χ3n) is 6.37. The molecule has 6 nitrogen and oxygen atoms in total. The molecule has 30 heavy (non-hydrogen) atoms. The van der Waals surface area contributed by atoms with Crippen molar-refractivity contribution in [2.24, 2.45) is 5.92 Å². The van der Waals surface area contributed by atoms with Gasteiger partial charge in [-0.05, 0) is 55.1 Å². The van der Waals surface area contributed by atoms with Crippen LogP contribution in [-0.4, -0.2) is 48.7 Å².